The molecule has 0 fully saturated rings. The van der Waals surface area contributed by atoms with Crippen molar-refractivity contribution in [3.8, 4) is 0 Å². The monoisotopic (exact) mass is 315 g/mol. The lowest BCUT2D eigenvalue weighted by Crippen LogP contribution is -2.00. The molecule has 3 aromatic rings. The van der Waals surface area contributed by atoms with E-state index >= 15 is 0 Å². The fourth-order valence-electron chi connectivity index (χ4n) is 2.01. The number of hydrogen-bond acceptors (Lipinski definition) is 4. The van der Waals surface area contributed by atoms with Crippen molar-refractivity contribution in [1.82, 2.24) is 0 Å². The van der Waals surface area contributed by atoms with Crippen LogP contribution in [0.2, 0.25) is 0 Å². The summed E-state index contributed by atoms with van der Waals surface area (Å²) in [6, 6.07) is 26.6. The molecule has 3 N–H and O–H groups in total. The van der Waals surface area contributed by atoms with Crippen LogP contribution in [0.3, 0.4) is 0 Å². The van der Waals surface area contributed by atoms with Gasteiger partial charge in [0.05, 0.1) is 11.4 Å². The van der Waals surface area contributed by atoms with Crippen LogP contribution in [0.15, 0.2) is 100 Å². The Morgan fingerprint density at radius 3 is 2.04 bits per heavy atom. The lowest BCUT2D eigenvalue weighted by Gasteiger charge is -2.03. The lowest BCUT2D eigenvalue weighted by molar-refractivity contribution is 1.22. The van der Waals surface area contributed by atoms with Crippen molar-refractivity contribution < 1.29 is 0 Å². The van der Waals surface area contributed by atoms with Crippen LogP contribution >= 0.6 is 0 Å². The molecule has 0 aliphatic rings. The van der Waals surface area contributed by atoms with E-state index in [9.17, 15) is 0 Å². The topological polar surface area (TPSA) is 75.1 Å². The smallest absolute Gasteiger partial charge is 0.201 e. The van der Waals surface area contributed by atoms with Gasteiger partial charge < -0.3 is 5.73 Å². The number of nitrogens with one attached hydrogen (secondary N) is 1. The highest BCUT2D eigenvalue weighted by Crippen LogP contribution is 2.16. The summed E-state index contributed by atoms with van der Waals surface area (Å²) in [5.41, 5.74) is 11.8. The molecule has 118 valence electrons. The normalized spacial score (nSPS) is 11.6. The summed E-state index contributed by atoms with van der Waals surface area (Å²) >= 11 is 0. The molecule has 5 heteroatoms. The van der Waals surface area contributed by atoms with E-state index in [4.69, 9.17) is 5.73 Å². The third kappa shape index (κ3) is 4.27. The second-order valence-corrected chi connectivity index (χ2v) is 5.07. The minimum atomic E-state index is 0.497. The first kappa shape index (κ1) is 15.4. The van der Waals surface area contributed by atoms with Crippen molar-refractivity contribution in [1.29, 1.82) is 0 Å². The van der Waals surface area contributed by atoms with Crippen molar-refractivity contribution in [3.63, 3.8) is 0 Å². The molecule has 3 aromatic carbocycles. The highest BCUT2D eigenvalue weighted by molar-refractivity contribution is 5.99. The molecule has 0 bridgehead atoms. The second kappa shape index (κ2) is 7.69. The molecular weight excluding hydrogens is 298 g/mol. The zero-order valence-corrected chi connectivity index (χ0v) is 13.0. The van der Waals surface area contributed by atoms with E-state index in [2.05, 4.69) is 20.8 Å². The van der Waals surface area contributed by atoms with Gasteiger partial charge in [-0.3, -0.25) is 5.43 Å². The summed E-state index contributed by atoms with van der Waals surface area (Å²) in [5, 5.41) is 12.9. The Hall–Kier alpha value is -3.47. The van der Waals surface area contributed by atoms with Gasteiger partial charge in [0, 0.05) is 11.3 Å². The molecule has 0 aromatic heterocycles. The van der Waals surface area contributed by atoms with Gasteiger partial charge in [-0.25, -0.2) is 0 Å². The van der Waals surface area contributed by atoms with Crippen LogP contribution in [-0.2, 0) is 0 Å². The van der Waals surface area contributed by atoms with Gasteiger partial charge in [-0.1, -0.05) is 48.5 Å². The summed E-state index contributed by atoms with van der Waals surface area (Å²) < 4.78 is 0. The molecule has 0 radical (unpaired) electrons. The molecule has 24 heavy (non-hydrogen) atoms. The predicted octanol–water partition coefficient (Wildman–Crippen LogP) is 4.83. The van der Waals surface area contributed by atoms with Crippen LogP contribution in [0.25, 0.3) is 0 Å². The van der Waals surface area contributed by atoms with Crippen molar-refractivity contribution in [3.05, 3.63) is 90.5 Å². The lowest BCUT2D eigenvalue weighted by atomic mass is 10.2. The van der Waals surface area contributed by atoms with Crippen molar-refractivity contribution in [2.24, 2.45) is 15.3 Å². The SMILES string of the molecule is Nc1ccc(N=NC(=NNc2ccccc2)c2ccccc2)cc1. The predicted molar refractivity (Wildman–Crippen MR) is 98.4 cm³/mol. The van der Waals surface area contributed by atoms with Gasteiger partial charge in [0.2, 0.25) is 5.84 Å². The number of nitrogens with zero attached hydrogens (tertiary/aromatic N) is 3. The van der Waals surface area contributed by atoms with Gasteiger partial charge in [0.1, 0.15) is 0 Å². The van der Waals surface area contributed by atoms with E-state index in [0.717, 1.165) is 11.3 Å². The third-order valence-corrected chi connectivity index (χ3v) is 3.25. The molecule has 0 unspecified atom stereocenters. The molecule has 0 saturated carbocycles. The van der Waals surface area contributed by atoms with Crippen LogP contribution in [-0.4, -0.2) is 5.84 Å². The van der Waals surface area contributed by atoms with Crippen LogP contribution in [0.5, 0.6) is 0 Å². The highest BCUT2D eigenvalue weighted by atomic mass is 15.3. The van der Waals surface area contributed by atoms with E-state index < -0.39 is 0 Å². The number of anilines is 2. The Balaban J connectivity index is 1.86. The Kier molecular flexibility index (Phi) is 4.94. The number of para-hydroxylation sites is 1. The maximum atomic E-state index is 5.68. The van der Waals surface area contributed by atoms with E-state index in [1.165, 1.54) is 0 Å². The van der Waals surface area contributed by atoms with Crippen LogP contribution < -0.4 is 11.2 Å². The van der Waals surface area contributed by atoms with Gasteiger partial charge in [-0.2, -0.15) is 5.10 Å². The molecule has 0 spiro atoms. The number of nitrogens with two attached hydrogens (primary N) is 1. The summed E-state index contributed by atoms with van der Waals surface area (Å²) in [7, 11) is 0. The first-order valence-corrected chi connectivity index (χ1v) is 7.53. The Morgan fingerprint density at radius 2 is 1.38 bits per heavy atom. The van der Waals surface area contributed by atoms with Gasteiger partial charge >= 0.3 is 0 Å². The molecule has 0 atom stereocenters. The van der Waals surface area contributed by atoms with E-state index in [0.29, 0.717) is 17.2 Å². The first-order chi connectivity index (χ1) is 11.8. The first-order valence-electron chi connectivity index (χ1n) is 7.53. The number of hydrazone groups is 1. The van der Waals surface area contributed by atoms with Crippen LogP contribution in [0.1, 0.15) is 5.56 Å². The van der Waals surface area contributed by atoms with Crippen LogP contribution in [0.4, 0.5) is 17.1 Å². The second-order valence-electron chi connectivity index (χ2n) is 5.07. The average Bonchev–Trinajstić information content (AvgIpc) is 2.65. The van der Waals surface area contributed by atoms with Crippen molar-refractivity contribution in [2.45, 2.75) is 0 Å². The maximum Gasteiger partial charge on any atom is 0.201 e. The molecule has 0 amide bonds. The Labute approximate surface area is 140 Å². The third-order valence-electron chi connectivity index (χ3n) is 3.25. The van der Waals surface area contributed by atoms with Gasteiger partial charge in [0.15, 0.2) is 0 Å². The number of rotatable bonds is 4. The minimum absolute atomic E-state index is 0.497. The summed E-state index contributed by atoms with van der Waals surface area (Å²) in [6.45, 7) is 0. The van der Waals surface area contributed by atoms with Crippen molar-refractivity contribution in [2.75, 3.05) is 11.2 Å². The fraction of sp³-hybridized carbons (Fsp3) is 0. The number of amidine groups is 1. The summed E-state index contributed by atoms with van der Waals surface area (Å²) in [4.78, 5) is 0. The molecule has 0 heterocycles. The summed E-state index contributed by atoms with van der Waals surface area (Å²) in [5.74, 6) is 0.497. The minimum Gasteiger partial charge on any atom is -0.399 e. The number of benzene rings is 3. The van der Waals surface area contributed by atoms with Gasteiger partial charge in [-0.15, -0.1) is 10.2 Å². The van der Waals surface area contributed by atoms with Crippen LogP contribution in [0, 0.1) is 0 Å². The van der Waals surface area contributed by atoms with E-state index in [1.807, 2.05) is 72.8 Å². The molecule has 0 saturated heterocycles. The Bertz CT molecular complexity index is 825. The molecule has 3 rings (SSSR count). The van der Waals surface area contributed by atoms with Gasteiger partial charge in [-0.05, 0) is 36.4 Å². The zero-order valence-electron chi connectivity index (χ0n) is 13.0. The molecule has 0 aliphatic heterocycles. The van der Waals surface area contributed by atoms with E-state index in [-0.39, 0.29) is 0 Å². The standard InChI is InChI=1S/C19H17N5/c20-16-11-13-18(14-12-16)22-24-19(15-7-3-1-4-8-15)23-21-17-9-5-2-6-10-17/h1-14,21H,20H2. The van der Waals surface area contributed by atoms with E-state index in [1.54, 1.807) is 12.1 Å². The number of nitrogen functional groups attached to an aromatic ring is 1. The largest absolute Gasteiger partial charge is 0.399 e. The molecule has 5 nitrogen and oxygen atoms in total. The average molecular weight is 315 g/mol. The quantitative estimate of drug-likeness (QED) is 0.238. The maximum absolute atomic E-state index is 5.68. The summed E-state index contributed by atoms with van der Waals surface area (Å²) in [6.07, 6.45) is 0. The number of hydrogen-bond donors (Lipinski definition) is 2. The molecule has 0 aliphatic carbocycles. The Morgan fingerprint density at radius 1 is 0.750 bits per heavy atom. The van der Waals surface area contributed by atoms with Gasteiger partial charge in [0.25, 0.3) is 0 Å². The zero-order chi connectivity index (χ0) is 16.6. The van der Waals surface area contributed by atoms with Crippen molar-refractivity contribution >= 4 is 22.9 Å². The molecular formula is C19H17N5. The number of azo groups is 1. The highest BCUT2D eigenvalue weighted by Gasteiger charge is 2.02. The fourth-order valence-corrected chi connectivity index (χ4v) is 2.01.